The van der Waals surface area contributed by atoms with E-state index in [4.69, 9.17) is 11.6 Å². The van der Waals surface area contributed by atoms with Crippen LogP contribution in [-0.2, 0) is 6.54 Å². The molecule has 1 aromatic heterocycles. The van der Waals surface area contributed by atoms with E-state index in [-0.39, 0.29) is 5.54 Å². The number of hydrogen-bond donors (Lipinski definition) is 1. The molecule has 3 nitrogen and oxygen atoms in total. The number of pyridine rings is 1. The van der Waals surface area contributed by atoms with Crippen molar-refractivity contribution in [2.75, 3.05) is 11.4 Å². The first kappa shape index (κ1) is 16.6. The fraction of sp³-hybridized carbons (Fsp3) is 0.706. The second kappa shape index (κ2) is 6.97. The predicted molar refractivity (Wildman–Crippen MR) is 91.1 cm³/mol. The van der Waals surface area contributed by atoms with Gasteiger partial charge in [-0.25, -0.2) is 4.98 Å². The molecular formula is C17H28ClN3. The molecule has 1 fully saturated rings. The Morgan fingerprint density at radius 3 is 2.57 bits per heavy atom. The van der Waals surface area contributed by atoms with Gasteiger partial charge in [-0.2, -0.15) is 0 Å². The predicted octanol–water partition coefficient (Wildman–Crippen LogP) is 4.39. The number of nitrogens with one attached hydrogen (secondary N) is 1. The minimum absolute atomic E-state index is 0.0860. The summed E-state index contributed by atoms with van der Waals surface area (Å²) in [6.45, 7) is 10.5. The fourth-order valence-electron chi connectivity index (χ4n) is 2.94. The van der Waals surface area contributed by atoms with Crippen molar-refractivity contribution in [2.24, 2.45) is 0 Å². The number of anilines is 1. The highest BCUT2D eigenvalue weighted by Gasteiger charge is 2.23. The lowest BCUT2D eigenvalue weighted by Crippen LogP contribution is -2.36. The molecule has 4 heteroatoms. The zero-order chi connectivity index (χ0) is 15.5. The molecule has 0 atom stereocenters. The van der Waals surface area contributed by atoms with Gasteiger partial charge in [0, 0.05) is 30.9 Å². The van der Waals surface area contributed by atoms with E-state index in [0.29, 0.717) is 6.04 Å². The molecule has 1 aliphatic rings. The number of aromatic nitrogens is 1. The summed E-state index contributed by atoms with van der Waals surface area (Å²) in [5.74, 6) is 1.07. The second-order valence-electron chi connectivity index (χ2n) is 6.96. The van der Waals surface area contributed by atoms with Crippen LogP contribution in [0, 0.1) is 0 Å². The highest BCUT2D eigenvalue weighted by molar-refractivity contribution is 6.31. The molecule has 0 radical (unpaired) electrons. The van der Waals surface area contributed by atoms with Gasteiger partial charge >= 0.3 is 0 Å². The fourth-order valence-corrected chi connectivity index (χ4v) is 3.11. The van der Waals surface area contributed by atoms with Crippen LogP contribution in [0.4, 0.5) is 5.82 Å². The van der Waals surface area contributed by atoms with E-state index in [9.17, 15) is 0 Å². The lowest BCUT2D eigenvalue weighted by molar-refractivity contribution is 0.424. The molecule has 0 unspecified atom stereocenters. The summed E-state index contributed by atoms with van der Waals surface area (Å²) < 4.78 is 0. The number of nitrogens with zero attached hydrogens (tertiary/aromatic N) is 2. The monoisotopic (exact) mass is 309 g/mol. The standard InChI is InChI=1S/C17H28ClN3/c1-5-21(14-8-6-7-9-14)16-10-13(15(18)12-19-16)11-20-17(2,3)4/h10,12,14,20H,5-9,11H2,1-4H3. The Balaban J connectivity index is 2.16. The number of halogens is 1. The van der Waals surface area contributed by atoms with Crippen LogP contribution < -0.4 is 10.2 Å². The molecule has 118 valence electrons. The molecule has 0 aromatic carbocycles. The SMILES string of the molecule is CCN(c1cc(CNC(C)(C)C)c(Cl)cn1)C1CCCC1. The molecule has 0 saturated heterocycles. The average Bonchev–Trinajstić information content (AvgIpc) is 2.93. The van der Waals surface area contributed by atoms with Gasteiger partial charge in [0.15, 0.2) is 0 Å². The molecule has 0 amide bonds. The van der Waals surface area contributed by atoms with Gasteiger partial charge in [0.2, 0.25) is 0 Å². The Morgan fingerprint density at radius 1 is 1.33 bits per heavy atom. The van der Waals surface area contributed by atoms with E-state index in [1.54, 1.807) is 6.20 Å². The van der Waals surface area contributed by atoms with E-state index in [2.05, 4.69) is 49.0 Å². The molecule has 1 heterocycles. The van der Waals surface area contributed by atoms with Crippen LogP contribution in [-0.4, -0.2) is 23.1 Å². The first-order valence-electron chi connectivity index (χ1n) is 8.07. The van der Waals surface area contributed by atoms with Crippen molar-refractivity contribution in [1.82, 2.24) is 10.3 Å². The molecule has 21 heavy (non-hydrogen) atoms. The maximum absolute atomic E-state index is 6.31. The lowest BCUT2D eigenvalue weighted by atomic mass is 10.1. The maximum atomic E-state index is 6.31. The summed E-state index contributed by atoms with van der Waals surface area (Å²) in [4.78, 5) is 7.00. The van der Waals surface area contributed by atoms with E-state index in [1.165, 1.54) is 25.7 Å². The van der Waals surface area contributed by atoms with Gasteiger partial charge in [-0.3, -0.25) is 0 Å². The highest BCUT2D eigenvalue weighted by atomic mass is 35.5. The largest absolute Gasteiger partial charge is 0.354 e. The van der Waals surface area contributed by atoms with Crippen molar-refractivity contribution in [1.29, 1.82) is 0 Å². The van der Waals surface area contributed by atoms with Gasteiger partial charge in [0.1, 0.15) is 5.82 Å². The van der Waals surface area contributed by atoms with Crippen molar-refractivity contribution in [3.8, 4) is 0 Å². The zero-order valence-electron chi connectivity index (χ0n) is 13.7. The van der Waals surface area contributed by atoms with Crippen molar-refractivity contribution in [2.45, 2.75) is 71.5 Å². The molecule has 1 saturated carbocycles. The molecule has 0 bridgehead atoms. The topological polar surface area (TPSA) is 28.2 Å². The summed E-state index contributed by atoms with van der Waals surface area (Å²) >= 11 is 6.31. The van der Waals surface area contributed by atoms with E-state index in [1.807, 2.05) is 0 Å². The smallest absolute Gasteiger partial charge is 0.129 e. The Morgan fingerprint density at radius 2 is 2.00 bits per heavy atom. The van der Waals surface area contributed by atoms with E-state index < -0.39 is 0 Å². The van der Waals surface area contributed by atoms with Crippen molar-refractivity contribution in [3.63, 3.8) is 0 Å². The van der Waals surface area contributed by atoms with Crippen LogP contribution >= 0.6 is 11.6 Å². The van der Waals surface area contributed by atoms with Crippen LogP contribution in [0.2, 0.25) is 5.02 Å². The van der Waals surface area contributed by atoms with Crippen molar-refractivity contribution in [3.05, 3.63) is 22.8 Å². The highest BCUT2D eigenvalue weighted by Crippen LogP contribution is 2.29. The van der Waals surface area contributed by atoms with Crippen LogP contribution in [0.3, 0.4) is 0 Å². The van der Waals surface area contributed by atoms with Gasteiger partial charge in [-0.05, 0) is 52.2 Å². The zero-order valence-corrected chi connectivity index (χ0v) is 14.5. The molecule has 1 aliphatic carbocycles. The van der Waals surface area contributed by atoms with Crippen LogP contribution in [0.15, 0.2) is 12.3 Å². The molecule has 0 spiro atoms. The second-order valence-corrected chi connectivity index (χ2v) is 7.37. The summed E-state index contributed by atoms with van der Waals surface area (Å²) in [7, 11) is 0. The number of rotatable bonds is 5. The molecule has 1 aromatic rings. The van der Waals surface area contributed by atoms with Crippen LogP contribution in [0.5, 0.6) is 0 Å². The lowest BCUT2D eigenvalue weighted by Gasteiger charge is -2.29. The molecular weight excluding hydrogens is 282 g/mol. The summed E-state index contributed by atoms with van der Waals surface area (Å²) in [5, 5.41) is 4.25. The van der Waals surface area contributed by atoms with Gasteiger partial charge < -0.3 is 10.2 Å². The van der Waals surface area contributed by atoms with E-state index >= 15 is 0 Å². The Kier molecular flexibility index (Phi) is 5.50. The Hall–Kier alpha value is -0.800. The third-order valence-electron chi connectivity index (χ3n) is 4.13. The maximum Gasteiger partial charge on any atom is 0.129 e. The van der Waals surface area contributed by atoms with Gasteiger partial charge in [0.25, 0.3) is 0 Å². The van der Waals surface area contributed by atoms with Crippen LogP contribution in [0.25, 0.3) is 0 Å². The molecule has 1 N–H and O–H groups in total. The summed E-state index contributed by atoms with van der Waals surface area (Å²) in [6, 6.07) is 2.80. The molecule has 2 rings (SSSR count). The van der Waals surface area contributed by atoms with Crippen molar-refractivity contribution >= 4 is 17.4 Å². The minimum Gasteiger partial charge on any atom is -0.354 e. The first-order chi connectivity index (χ1) is 9.90. The normalized spacial score (nSPS) is 16.4. The first-order valence-corrected chi connectivity index (χ1v) is 8.44. The van der Waals surface area contributed by atoms with Gasteiger partial charge in [0.05, 0.1) is 5.02 Å². The minimum atomic E-state index is 0.0860. The van der Waals surface area contributed by atoms with E-state index in [0.717, 1.165) is 29.5 Å². The third-order valence-corrected chi connectivity index (χ3v) is 4.47. The summed E-state index contributed by atoms with van der Waals surface area (Å²) in [6.07, 6.45) is 7.05. The third kappa shape index (κ3) is 4.58. The van der Waals surface area contributed by atoms with Gasteiger partial charge in [-0.15, -0.1) is 0 Å². The van der Waals surface area contributed by atoms with Crippen molar-refractivity contribution < 1.29 is 0 Å². The van der Waals surface area contributed by atoms with Crippen LogP contribution in [0.1, 0.15) is 58.9 Å². The Bertz CT molecular complexity index is 462. The number of hydrogen-bond acceptors (Lipinski definition) is 3. The average molecular weight is 310 g/mol. The summed E-state index contributed by atoms with van der Waals surface area (Å²) in [5.41, 5.74) is 1.22. The molecule has 0 aliphatic heterocycles. The Labute approximate surface area is 134 Å². The quantitative estimate of drug-likeness (QED) is 0.874. The van der Waals surface area contributed by atoms with Gasteiger partial charge in [-0.1, -0.05) is 24.4 Å².